The van der Waals surface area contributed by atoms with Crippen molar-refractivity contribution in [1.82, 2.24) is 4.98 Å². The molecule has 0 aliphatic rings. The third-order valence-electron chi connectivity index (χ3n) is 1.10. The van der Waals surface area contributed by atoms with Gasteiger partial charge >= 0.3 is 0 Å². The second kappa shape index (κ2) is 2.98. The van der Waals surface area contributed by atoms with Crippen LogP contribution in [0, 0.1) is 0 Å². The highest BCUT2D eigenvalue weighted by atomic mass is 32.1. The molecule has 56 valence electrons. The van der Waals surface area contributed by atoms with Gasteiger partial charge in [0.25, 0.3) is 5.19 Å². The Bertz CT molecular complexity index is 209. The van der Waals surface area contributed by atoms with E-state index in [-0.39, 0.29) is 0 Å². The fourth-order valence-corrected chi connectivity index (χ4v) is 1.28. The molecule has 0 aliphatic heterocycles. The van der Waals surface area contributed by atoms with Gasteiger partial charge in [-0.15, -0.1) is 0 Å². The smallest absolute Gasteiger partial charge is 0.273 e. The van der Waals surface area contributed by atoms with Gasteiger partial charge in [0.05, 0.1) is 18.9 Å². The van der Waals surface area contributed by atoms with Gasteiger partial charge in [0.15, 0.2) is 0 Å². The molecule has 3 nitrogen and oxygen atoms in total. The third-order valence-corrected chi connectivity index (χ3v) is 1.92. The fraction of sp³-hybridized carbons (Fsp3) is 0.500. The quantitative estimate of drug-likeness (QED) is 0.705. The van der Waals surface area contributed by atoms with Gasteiger partial charge in [0, 0.05) is 5.38 Å². The molecule has 0 amide bonds. The predicted octanol–water partition coefficient (Wildman–Crippen LogP) is 1.20. The zero-order valence-corrected chi connectivity index (χ0v) is 6.68. The normalized spacial score (nSPS) is 13.1. The summed E-state index contributed by atoms with van der Waals surface area (Å²) in [6, 6.07) is 0. The van der Waals surface area contributed by atoms with Gasteiger partial charge < -0.3 is 9.84 Å². The number of thiazole rings is 1. The predicted molar refractivity (Wildman–Crippen MR) is 39.3 cm³/mol. The zero-order valence-electron chi connectivity index (χ0n) is 5.87. The molecule has 0 bridgehead atoms. The van der Waals surface area contributed by atoms with Crippen molar-refractivity contribution in [3.63, 3.8) is 0 Å². The summed E-state index contributed by atoms with van der Waals surface area (Å²) in [4.78, 5) is 3.97. The minimum absolute atomic E-state index is 0.500. The first-order valence-electron chi connectivity index (χ1n) is 2.91. The minimum atomic E-state index is -0.500. The Morgan fingerprint density at radius 1 is 1.80 bits per heavy atom. The molecule has 1 aromatic rings. The lowest BCUT2D eigenvalue weighted by Crippen LogP contribution is -1.90. The average Bonchev–Trinajstić information content (AvgIpc) is 2.34. The average molecular weight is 159 g/mol. The van der Waals surface area contributed by atoms with Crippen LogP contribution < -0.4 is 4.74 Å². The number of nitrogens with zero attached hydrogens (tertiary/aromatic N) is 1. The Kier molecular flexibility index (Phi) is 2.24. The van der Waals surface area contributed by atoms with Gasteiger partial charge in [0.1, 0.15) is 0 Å². The summed E-state index contributed by atoms with van der Waals surface area (Å²) in [5.41, 5.74) is 0.668. The Balaban J connectivity index is 2.78. The summed E-state index contributed by atoms with van der Waals surface area (Å²) in [5, 5.41) is 11.4. The van der Waals surface area contributed by atoms with Crippen LogP contribution in [0.1, 0.15) is 18.7 Å². The summed E-state index contributed by atoms with van der Waals surface area (Å²) in [6.07, 6.45) is -0.500. The van der Waals surface area contributed by atoms with Crippen molar-refractivity contribution in [1.29, 1.82) is 0 Å². The first-order valence-corrected chi connectivity index (χ1v) is 3.79. The van der Waals surface area contributed by atoms with E-state index in [9.17, 15) is 0 Å². The molecule has 1 N–H and O–H groups in total. The number of hydrogen-bond acceptors (Lipinski definition) is 4. The zero-order chi connectivity index (χ0) is 7.56. The van der Waals surface area contributed by atoms with Gasteiger partial charge in [-0.25, -0.2) is 4.98 Å². The Morgan fingerprint density at radius 3 is 2.80 bits per heavy atom. The highest BCUT2D eigenvalue weighted by Crippen LogP contribution is 2.21. The van der Waals surface area contributed by atoms with Crippen molar-refractivity contribution in [3.05, 3.63) is 11.1 Å². The minimum Gasteiger partial charge on any atom is -0.473 e. The number of aliphatic hydroxyl groups is 1. The van der Waals surface area contributed by atoms with E-state index < -0.39 is 6.10 Å². The first-order chi connectivity index (χ1) is 4.74. The number of ether oxygens (including phenoxy) is 1. The lowest BCUT2D eigenvalue weighted by atomic mass is 10.3. The summed E-state index contributed by atoms with van der Waals surface area (Å²) < 4.78 is 4.84. The highest BCUT2D eigenvalue weighted by molar-refractivity contribution is 7.11. The molecular weight excluding hydrogens is 150 g/mol. The molecule has 0 saturated heterocycles. The van der Waals surface area contributed by atoms with Crippen molar-refractivity contribution in [2.45, 2.75) is 13.0 Å². The van der Waals surface area contributed by atoms with E-state index in [0.717, 1.165) is 0 Å². The molecule has 0 aromatic carbocycles. The second-order valence-electron chi connectivity index (χ2n) is 1.92. The second-order valence-corrected chi connectivity index (χ2v) is 2.74. The number of hydrogen-bond donors (Lipinski definition) is 1. The molecule has 1 aromatic heterocycles. The molecule has 1 atom stereocenters. The number of rotatable bonds is 2. The van der Waals surface area contributed by atoms with E-state index >= 15 is 0 Å². The number of methoxy groups -OCH3 is 1. The molecule has 10 heavy (non-hydrogen) atoms. The Morgan fingerprint density at radius 2 is 2.50 bits per heavy atom. The van der Waals surface area contributed by atoms with Crippen LogP contribution in [0.25, 0.3) is 0 Å². The maximum Gasteiger partial charge on any atom is 0.273 e. The van der Waals surface area contributed by atoms with Crippen LogP contribution in [-0.4, -0.2) is 17.2 Å². The van der Waals surface area contributed by atoms with Crippen molar-refractivity contribution < 1.29 is 9.84 Å². The van der Waals surface area contributed by atoms with E-state index in [4.69, 9.17) is 9.84 Å². The van der Waals surface area contributed by atoms with Crippen LogP contribution in [0.5, 0.6) is 5.19 Å². The van der Waals surface area contributed by atoms with Crippen LogP contribution in [0.2, 0.25) is 0 Å². The van der Waals surface area contributed by atoms with Gasteiger partial charge in [-0.3, -0.25) is 0 Å². The van der Waals surface area contributed by atoms with Crippen molar-refractivity contribution >= 4 is 11.3 Å². The van der Waals surface area contributed by atoms with Crippen LogP contribution in [0.3, 0.4) is 0 Å². The lowest BCUT2D eigenvalue weighted by molar-refractivity contribution is 0.194. The van der Waals surface area contributed by atoms with E-state index in [1.54, 1.807) is 19.4 Å². The lowest BCUT2D eigenvalue weighted by Gasteiger charge is -1.95. The van der Waals surface area contributed by atoms with Gasteiger partial charge in [-0.05, 0) is 6.92 Å². The van der Waals surface area contributed by atoms with Crippen LogP contribution in [-0.2, 0) is 0 Å². The van der Waals surface area contributed by atoms with Crippen LogP contribution in [0.4, 0.5) is 0 Å². The van der Waals surface area contributed by atoms with Crippen molar-refractivity contribution in [2.75, 3.05) is 7.11 Å². The molecule has 0 saturated carbocycles. The monoisotopic (exact) mass is 159 g/mol. The van der Waals surface area contributed by atoms with Crippen molar-refractivity contribution in [2.24, 2.45) is 0 Å². The summed E-state index contributed by atoms with van der Waals surface area (Å²) >= 11 is 1.38. The highest BCUT2D eigenvalue weighted by Gasteiger charge is 2.05. The maximum atomic E-state index is 9.02. The first kappa shape index (κ1) is 7.50. The molecule has 0 aliphatic carbocycles. The number of aromatic nitrogens is 1. The largest absolute Gasteiger partial charge is 0.473 e. The summed E-state index contributed by atoms with van der Waals surface area (Å²) in [7, 11) is 1.56. The van der Waals surface area contributed by atoms with E-state index in [2.05, 4.69) is 4.98 Å². The molecule has 0 spiro atoms. The van der Waals surface area contributed by atoms with Crippen LogP contribution in [0.15, 0.2) is 5.38 Å². The standard InChI is InChI=1S/C6H9NO2S/c1-4(8)5-3-10-6(7-5)9-2/h3-4,8H,1-2H3. The summed E-state index contributed by atoms with van der Waals surface area (Å²) in [6.45, 7) is 1.68. The maximum absolute atomic E-state index is 9.02. The SMILES string of the molecule is COc1nc(C(C)O)cs1. The third kappa shape index (κ3) is 1.46. The molecule has 0 fully saturated rings. The van der Waals surface area contributed by atoms with Crippen molar-refractivity contribution in [3.8, 4) is 5.19 Å². The van der Waals surface area contributed by atoms with E-state index in [1.165, 1.54) is 11.3 Å². The van der Waals surface area contributed by atoms with Gasteiger partial charge in [-0.2, -0.15) is 0 Å². The molecule has 1 rings (SSSR count). The van der Waals surface area contributed by atoms with Crippen LogP contribution >= 0.6 is 11.3 Å². The molecule has 0 radical (unpaired) electrons. The Hall–Kier alpha value is -0.610. The summed E-state index contributed by atoms with van der Waals surface area (Å²) in [5.74, 6) is 0. The molecular formula is C6H9NO2S. The number of aliphatic hydroxyl groups excluding tert-OH is 1. The van der Waals surface area contributed by atoms with E-state index in [0.29, 0.717) is 10.9 Å². The van der Waals surface area contributed by atoms with Gasteiger partial charge in [-0.1, -0.05) is 11.3 Å². The van der Waals surface area contributed by atoms with Gasteiger partial charge in [0.2, 0.25) is 0 Å². The molecule has 1 heterocycles. The fourth-order valence-electron chi connectivity index (χ4n) is 0.555. The topological polar surface area (TPSA) is 42.4 Å². The van der Waals surface area contributed by atoms with E-state index in [1.807, 2.05) is 0 Å². The molecule has 1 unspecified atom stereocenters. The molecule has 4 heteroatoms. The Labute approximate surface area is 63.3 Å².